The van der Waals surface area contributed by atoms with Gasteiger partial charge in [0, 0.05) is 94.1 Å². The number of anilines is 5. The molecule has 0 atom stereocenters. The number of hydrogen-bond acceptors (Lipinski definition) is 5. The highest BCUT2D eigenvalue weighted by Gasteiger charge is 2.32. The number of furan rings is 2. The van der Waals surface area contributed by atoms with E-state index in [0.29, 0.717) is 0 Å². The van der Waals surface area contributed by atoms with Crippen molar-refractivity contribution in [3.63, 3.8) is 0 Å². The van der Waals surface area contributed by atoms with Crippen LogP contribution in [0.25, 0.3) is 92.6 Å². The van der Waals surface area contributed by atoms with Crippen molar-refractivity contribution in [1.82, 2.24) is 4.57 Å². The summed E-state index contributed by atoms with van der Waals surface area (Å²) in [5.41, 5.74) is 21.4. The molecule has 0 fully saturated rings. The second-order valence-corrected chi connectivity index (χ2v) is 27.5. The van der Waals surface area contributed by atoms with Crippen molar-refractivity contribution < 1.29 is 8.83 Å². The lowest BCUT2D eigenvalue weighted by molar-refractivity contribution is 0.590. The van der Waals surface area contributed by atoms with E-state index in [0.717, 1.165) is 90.7 Å². The highest BCUT2D eigenvalue weighted by Crippen LogP contribution is 2.47. The molecule has 79 heavy (non-hydrogen) atoms. The van der Waals surface area contributed by atoms with Crippen LogP contribution in [0.4, 0.5) is 28.4 Å². The summed E-state index contributed by atoms with van der Waals surface area (Å²) in [7, 11) is 0.798. The van der Waals surface area contributed by atoms with Crippen LogP contribution in [0.15, 0.2) is 179 Å². The monoisotopic (exact) mass is 1050 g/mol. The zero-order valence-electron chi connectivity index (χ0n) is 47.5. The minimum Gasteiger partial charge on any atom is -0.456 e. The Morgan fingerprint density at radius 2 is 0.975 bits per heavy atom. The Balaban J connectivity index is 0.991. The van der Waals surface area contributed by atoms with Gasteiger partial charge in [-0.05, 0) is 145 Å². The molecule has 0 spiro atoms. The molecule has 0 saturated heterocycles. The van der Waals surface area contributed by atoms with Crippen LogP contribution in [0, 0.1) is 0 Å². The van der Waals surface area contributed by atoms with Gasteiger partial charge in [-0.15, -0.1) is 11.3 Å². The fraction of sp³-hybridized carbons (Fsp3) is 0.222. The lowest BCUT2D eigenvalue weighted by Crippen LogP contribution is -2.35. The summed E-state index contributed by atoms with van der Waals surface area (Å²) in [6, 6.07) is 63.4. The van der Waals surface area contributed by atoms with Gasteiger partial charge in [-0.3, -0.25) is 0 Å². The Morgan fingerprint density at radius 1 is 0.430 bits per heavy atom. The summed E-state index contributed by atoms with van der Waals surface area (Å²) < 4.78 is 19.0. The summed E-state index contributed by atoms with van der Waals surface area (Å²) in [6.07, 6.45) is 0. The average Bonchev–Trinajstić information content (AvgIpc) is 3.56. The largest absolute Gasteiger partial charge is 0.456 e. The number of benzene rings is 9. The Hall–Kier alpha value is -8.00. The smallest absolute Gasteiger partial charge is 0.211 e. The molecule has 0 aliphatic carbocycles. The molecule has 5 nitrogen and oxygen atoms in total. The molecule has 0 amide bonds. The topological polar surface area (TPSA) is 46.5 Å². The predicted molar refractivity (Wildman–Crippen MR) is 342 cm³/mol. The van der Waals surface area contributed by atoms with Crippen LogP contribution in [0.5, 0.6) is 0 Å². The van der Waals surface area contributed by atoms with E-state index in [4.69, 9.17) is 8.83 Å². The fourth-order valence-electron chi connectivity index (χ4n) is 12.3. The molecule has 5 heterocycles. The van der Waals surface area contributed by atoms with Gasteiger partial charge < -0.3 is 23.6 Å². The van der Waals surface area contributed by atoms with Gasteiger partial charge in [0.25, 0.3) is 0 Å². The Morgan fingerprint density at radius 3 is 1.63 bits per heavy atom. The number of nitrogens with one attached hydrogen (secondary N) is 1. The third-order valence-electron chi connectivity index (χ3n) is 16.8. The normalized spacial score (nSPS) is 13.2. The third kappa shape index (κ3) is 8.09. The van der Waals surface area contributed by atoms with Gasteiger partial charge in [0.2, 0.25) is 7.28 Å². The molecule has 0 bridgehead atoms. The van der Waals surface area contributed by atoms with Crippen LogP contribution >= 0.6 is 11.3 Å². The lowest BCUT2D eigenvalue weighted by Gasteiger charge is -2.28. The van der Waals surface area contributed by atoms with E-state index in [1.54, 1.807) is 0 Å². The predicted octanol–water partition coefficient (Wildman–Crippen LogP) is 19.6. The summed E-state index contributed by atoms with van der Waals surface area (Å²) in [5, 5.41) is 12.2. The Kier molecular flexibility index (Phi) is 10.8. The summed E-state index contributed by atoms with van der Waals surface area (Å²) in [5.74, 6) is 0. The van der Waals surface area contributed by atoms with Crippen molar-refractivity contribution in [2.24, 2.45) is 0 Å². The zero-order valence-corrected chi connectivity index (χ0v) is 48.3. The van der Waals surface area contributed by atoms with E-state index in [1.165, 1.54) is 70.1 Å². The molecule has 1 N–H and O–H groups in total. The first-order valence-electron chi connectivity index (χ1n) is 28.0. The summed E-state index contributed by atoms with van der Waals surface area (Å²) in [4.78, 5) is 2.36. The number of aromatic nitrogens is 1. The number of rotatable bonds is 6. The van der Waals surface area contributed by atoms with Gasteiger partial charge in [-0.1, -0.05) is 156 Å². The minimum atomic E-state index is 0.000717. The first kappa shape index (κ1) is 49.3. The van der Waals surface area contributed by atoms with Gasteiger partial charge in [-0.2, -0.15) is 0 Å². The first-order chi connectivity index (χ1) is 37.6. The van der Waals surface area contributed by atoms with Crippen molar-refractivity contribution in [3.8, 4) is 16.8 Å². The number of fused-ring (bicyclic) bond motifs is 13. The fourth-order valence-corrected chi connectivity index (χ4v) is 13.5. The van der Waals surface area contributed by atoms with Gasteiger partial charge in [0.1, 0.15) is 22.3 Å². The molecule has 4 aromatic heterocycles. The molecule has 0 unspecified atom stereocenters. The van der Waals surface area contributed by atoms with E-state index < -0.39 is 0 Å². The number of hydrogen-bond donors (Lipinski definition) is 1. The molecule has 7 heteroatoms. The molecule has 1 aliphatic heterocycles. The van der Waals surface area contributed by atoms with Crippen LogP contribution in [0.1, 0.15) is 105 Å². The van der Waals surface area contributed by atoms with E-state index in [1.807, 2.05) is 11.3 Å². The van der Waals surface area contributed by atoms with Crippen LogP contribution in [-0.2, 0) is 21.7 Å². The maximum Gasteiger partial charge on any atom is 0.211 e. The maximum absolute atomic E-state index is 7.15. The van der Waals surface area contributed by atoms with Gasteiger partial charge in [0.15, 0.2) is 0 Å². The van der Waals surface area contributed by atoms with Crippen LogP contribution in [-0.4, -0.2) is 11.8 Å². The maximum atomic E-state index is 7.15. The molecular formula is C72H66BN3O2S. The number of nitrogens with zero attached hydrogens (tertiary/aromatic N) is 2. The summed E-state index contributed by atoms with van der Waals surface area (Å²) in [6.45, 7) is 27.4. The van der Waals surface area contributed by atoms with E-state index in [9.17, 15) is 0 Å². The van der Waals surface area contributed by atoms with Gasteiger partial charge in [0.05, 0.1) is 11.2 Å². The third-order valence-corrected chi connectivity index (χ3v) is 18.0. The second-order valence-electron chi connectivity index (χ2n) is 26.4. The van der Waals surface area contributed by atoms with Crippen molar-refractivity contribution >= 4 is 133 Å². The molecule has 0 radical (unpaired) electrons. The quantitative estimate of drug-likeness (QED) is 0.169. The van der Waals surface area contributed by atoms with Gasteiger partial charge in [-0.25, -0.2) is 0 Å². The molecular weight excluding hydrogens is 982 g/mol. The molecule has 14 rings (SSSR count). The van der Waals surface area contributed by atoms with Crippen LogP contribution < -0.4 is 20.5 Å². The average molecular weight is 1050 g/mol. The minimum absolute atomic E-state index is 0.000717. The highest BCUT2D eigenvalue weighted by molar-refractivity contribution is 7.29. The molecule has 0 saturated carbocycles. The standard InChI is InChI=1S/C72H66BN3O2S/c1-69(2,3)41-17-24-45(25-18-41)74-58-38-56-50-31-30-48(75(46-26-19-42(20-27-46)70(4,5)6)47-28-21-43(22-29-47)71(7,8)9)36-61(50)78-62(56)39-53(58)51-32-33-52-54-37-55-49-15-13-14-16-60(49)77-63(55)40-59(54)76-66(52)65(51)73-68-67(76)57-35-44(72(10,11)12)23-34-64(57)79-68/h13-40,73-74H,1-12H3. The lowest BCUT2D eigenvalue weighted by atomic mass is 9.63. The van der Waals surface area contributed by atoms with E-state index in [-0.39, 0.29) is 21.7 Å². The van der Waals surface area contributed by atoms with E-state index in [2.05, 4.69) is 268 Å². The molecule has 13 aromatic rings. The first-order valence-corrected chi connectivity index (χ1v) is 28.8. The number of para-hydroxylation sites is 1. The SMILES string of the molecule is CC(C)(C)c1ccc(Nc2cc3c(cc2-c2ccc4c5cc6c(cc5n5c4c2Bc2sc4ccc(C(C)(C)C)cc4c2-5)oc2ccccc26)oc2cc(N(c4ccc(C(C)(C)C)cc4)c4ccc(C(C)(C)C)cc4)ccc23)cc1. The van der Waals surface area contributed by atoms with Crippen molar-refractivity contribution in [3.05, 3.63) is 192 Å². The zero-order chi connectivity index (χ0) is 54.7. The van der Waals surface area contributed by atoms with Gasteiger partial charge >= 0.3 is 0 Å². The highest BCUT2D eigenvalue weighted by atomic mass is 32.1. The Bertz CT molecular complexity index is 4560. The van der Waals surface area contributed by atoms with Crippen LogP contribution in [0.3, 0.4) is 0 Å². The molecule has 1 aliphatic rings. The van der Waals surface area contributed by atoms with Crippen molar-refractivity contribution in [1.29, 1.82) is 0 Å². The van der Waals surface area contributed by atoms with E-state index >= 15 is 0 Å². The second kappa shape index (κ2) is 17.3. The summed E-state index contributed by atoms with van der Waals surface area (Å²) >= 11 is 1.93. The number of thiophene rings is 1. The van der Waals surface area contributed by atoms with Crippen LogP contribution in [0.2, 0.25) is 0 Å². The molecule has 9 aromatic carbocycles. The molecule has 390 valence electrons. The van der Waals surface area contributed by atoms with Crippen molar-refractivity contribution in [2.45, 2.75) is 105 Å². The Labute approximate surface area is 467 Å². The van der Waals surface area contributed by atoms with Crippen molar-refractivity contribution in [2.75, 3.05) is 10.2 Å².